The van der Waals surface area contributed by atoms with Crippen LogP contribution in [0.5, 0.6) is 0 Å². The number of hydrogen-bond donors (Lipinski definition) is 1. The monoisotopic (exact) mass is 266 g/mol. The van der Waals surface area contributed by atoms with Gasteiger partial charge in [0.15, 0.2) is 0 Å². The van der Waals surface area contributed by atoms with Gasteiger partial charge in [0, 0.05) is 19.1 Å². The predicted molar refractivity (Wildman–Crippen MR) is 79.6 cm³/mol. The molecule has 1 atom stereocenters. The van der Waals surface area contributed by atoms with Crippen molar-refractivity contribution in [2.75, 3.05) is 24.5 Å². The molecule has 3 heteroatoms. The molecule has 1 aromatic carbocycles. The fraction of sp³-hybridized carbons (Fsp3) is 0.600. The molecule has 0 bridgehead atoms. The Morgan fingerprint density at radius 3 is 2.94 bits per heavy atom. The van der Waals surface area contributed by atoms with Crippen molar-refractivity contribution in [3.63, 3.8) is 0 Å². The van der Waals surface area contributed by atoms with Crippen molar-refractivity contribution in [2.45, 2.75) is 33.2 Å². The van der Waals surface area contributed by atoms with Crippen molar-refractivity contribution in [1.82, 2.24) is 5.32 Å². The summed E-state index contributed by atoms with van der Waals surface area (Å²) in [5.41, 5.74) is 2.47. The zero-order chi connectivity index (χ0) is 13.1. The normalized spacial score (nSPS) is 19.8. The highest BCUT2D eigenvalue weighted by Crippen LogP contribution is 2.31. The van der Waals surface area contributed by atoms with E-state index in [9.17, 15) is 0 Å². The summed E-state index contributed by atoms with van der Waals surface area (Å²) in [4.78, 5) is 2.42. The van der Waals surface area contributed by atoms with Crippen LogP contribution in [-0.2, 0) is 0 Å². The second-order valence-corrected chi connectivity index (χ2v) is 6.03. The van der Waals surface area contributed by atoms with Crippen molar-refractivity contribution < 1.29 is 0 Å². The summed E-state index contributed by atoms with van der Waals surface area (Å²) < 4.78 is 0. The number of rotatable bonds is 4. The molecule has 0 aliphatic carbocycles. The first-order valence-electron chi connectivity index (χ1n) is 6.80. The fourth-order valence-corrected chi connectivity index (χ4v) is 2.72. The molecular formula is C15H23ClN2. The third-order valence-electron chi connectivity index (χ3n) is 3.54. The topological polar surface area (TPSA) is 15.3 Å². The van der Waals surface area contributed by atoms with Crippen LogP contribution in [0.25, 0.3) is 0 Å². The van der Waals surface area contributed by atoms with Crippen molar-refractivity contribution in [2.24, 2.45) is 5.92 Å². The van der Waals surface area contributed by atoms with Gasteiger partial charge in [-0.1, -0.05) is 31.5 Å². The fourth-order valence-electron chi connectivity index (χ4n) is 2.49. The molecule has 1 heterocycles. The van der Waals surface area contributed by atoms with Crippen molar-refractivity contribution in [3.05, 3.63) is 28.8 Å². The van der Waals surface area contributed by atoms with Gasteiger partial charge in [0.1, 0.15) is 0 Å². The number of nitrogens with zero attached hydrogens (tertiary/aromatic N) is 1. The molecule has 18 heavy (non-hydrogen) atoms. The molecule has 2 rings (SSSR count). The molecular weight excluding hydrogens is 244 g/mol. The minimum atomic E-state index is 0.571. The van der Waals surface area contributed by atoms with E-state index in [-0.39, 0.29) is 0 Å². The highest BCUT2D eigenvalue weighted by molar-refractivity contribution is 6.33. The summed E-state index contributed by atoms with van der Waals surface area (Å²) in [6, 6.07) is 6.84. The average Bonchev–Trinajstić information content (AvgIpc) is 2.78. The minimum Gasteiger partial charge on any atom is -0.370 e. The first kappa shape index (κ1) is 13.7. The highest BCUT2D eigenvalue weighted by Gasteiger charge is 2.23. The van der Waals surface area contributed by atoms with E-state index in [0.29, 0.717) is 6.04 Å². The second kappa shape index (κ2) is 5.94. The third-order valence-corrected chi connectivity index (χ3v) is 3.86. The van der Waals surface area contributed by atoms with Gasteiger partial charge >= 0.3 is 0 Å². The molecule has 1 fully saturated rings. The molecule has 1 saturated heterocycles. The predicted octanol–water partition coefficient (Wildman–Crippen LogP) is 3.47. The van der Waals surface area contributed by atoms with Crippen LogP contribution in [0.1, 0.15) is 25.8 Å². The number of aryl methyl sites for hydroxylation is 1. The molecule has 1 aromatic rings. The zero-order valence-electron chi connectivity index (χ0n) is 11.5. The summed E-state index contributed by atoms with van der Waals surface area (Å²) in [5.74, 6) is 0.740. The summed E-state index contributed by atoms with van der Waals surface area (Å²) in [6.45, 7) is 9.86. The molecule has 0 aromatic heterocycles. The lowest BCUT2D eigenvalue weighted by Gasteiger charge is -2.21. The lowest BCUT2D eigenvalue weighted by atomic mass is 10.1. The van der Waals surface area contributed by atoms with Gasteiger partial charge in [0.25, 0.3) is 0 Å². The van der Waals surface area contributed by atoms with Crippen LogP contribution >= 0.6 is 11.6 Å². The van der Waals surface area contributed by atoms with E-state index in [1.54, 1.807) is 0 Å². The highest BCUT2D eigenvalue weighted by atomic mass is 35.5. The SMILES string of the molecule is Cc1ccc(Cl)c(N2CCC(CNC(C)C)C2)c1. The lowest BCUT2D eigenvalue weighted by molar-refractivity contribution is 0.480. The Hall–Kier alpha value is -0.730. The molecule has 1 aliphatic heterocycles. The first-order valence-corrected chi connectivity index (χ1v) is 7.18. The van der Waals surface area contributed by atoms with E-state index < -0.39 is 0 Å². The standard InChI is InChI=1S/C15H23ClN2/c1-11(2)17-9-13-6-7-18(10-13)15-8-12(3)4-5-14(15)16/h4-5,8,11,13,17H,6-7,9-10H2,1-3H3. The molecule has 0 spiro atoms. The quantitative estimate of drug-likeness (QED) is 0.898. The Labute approximate surface area is 115 Å². The average molecular weight is 267 g/mol. The van der Waals surface area contributed by atoms with Gasteiger partial charge in [0.05, 0.1) is 10.7 Å². The number of hydrogen-bond acceptors (Lipinski definition) is 2. The molecule has 0 saturated carbocycles. The van der Waals surface area contributed by atoms with Crippen LogP contribution in [0.4, 0.5) is 5.69 Å². The number of benzene rings is 1. The van der Waals surface area contributed by atoms with Gasteiger partial charge in [-0.3, -0.25) is 0 Å². The molecule has 1 N–H and O–H groups in total. The van der Waals surface area contributed by atoms with Gasteiger partial charge in [0.2, 0.25) is 0 Å². The van der Waals surface area contributed by atoms with Crippen LogP contribution in [0, 0.1) is 12.8 Å². The van der Waals surface area contributed by atoms with Gasteiger partial charge in [-0.2, -0.15) is 0 Å². The van der Waals surface area contributed by atoms with Crippen molar-refractivity contribution in [3.8, 4) is 0 Å². The molecule has 1 aliphatic rings. The smallest absolute Gasteiger partial charge is 0.0639 e. The maximum Gasteiger partial charge on any atom is 0.0639 e. The Bertz CT molecular complexity index is 403. The Kier molecular flexibility index (Phi) is 4.52. The van der Waals surface area contributed by atoms with Crippen molar-refractivity contribution in [1.29, 1.82) is 0 Å². The lowest BCUT2D eigenvalue weighted by Crippen LogP contribution is -2.30. The number of anilines is 1. The van der Waals surface area contributed by atoms with Gasteiger partial charge in [-0.15, -0.1) is 0 Å². The van der Waals surface area contributed by atoms with E-state index in [2.05, 4.69) is 43.1 Å². The summed E-state index contributed by atoms with van der Waals surface area (Å²) >= 11 is 6.29. The van der Waals surface area contributed by atoms with Gasteiger partial charge in [-0.05, 0) is 43.5 Å². The zero-order valence-corrected chi connectivity index (χ0v) is 12.3. The summed E-state index contributed by atoms with van der Waals surface area (Å²) in [5, 5.41) is 4.40. The number of halogens is 1. The van der Waals surface area contributed by atoms with Crippen LogP contribution in [0.3, 0.4) is 0 Å². The maximum atomic E-state index is 6.29. The summed E-state index contributed by atoms with van der Waals surface area (Å²) in [6.07, 6.45) is 1.25. The first-order chi connectivity index (χ1) is 8.56. The molecule has 1 unspecified atom stereocenters. The molecule has 100 valence electrons. The van der Waals surface area contributed by atoms with E-state index in [0.717, 1.165) is 30.6 Å². The second-order valence-electron chi connectivity index (χ2n) is 5.62. The van der Waals surface area contributed by atoms with E-state index in [1.165, 1.54) is 17.7 Å². The van der Waals surface area contributed by atoms with Crippen LogP contribution in [0.2, 0.25) is 5.02 Å². The Morgan fingerprint density at radius 2 is 2.22 bits per heavy atom. The third kappa shape index (κ3) is 3.39. The minimum absolute atomic E-state index is 0.571. The van der Waals surface area contributed by atoms with Gasteiger partial charge in [-0.25, -0.2) is 0 Å². The van der Waals surface area contributed by atoms with E-state index >= 15 is 0 Å². The largest absolute Gasteiger partial charge is 0.370 e. The molecule has 0 radical (unpaired) electrons. The van der Waals surface area contributed by atoms with Gasteiger partial charge < -0.3 is 10.2 Å². The molecule has 0 amide bonds. The molecule has 2 nitrogen and oxygen atoms in total. The van der Waals surface area contributed by atoms with E-state index in [4.69, 9.17) is 11.6 Å². The van der Waals surface area contributed by atoms with Crippen LogP contribution < -0.4 is 10.2 Å². The number of nitrogens with one attached hydrogen (secondary N) is 1. The Morgan fingerprint density at radius 1 is 1.44 bits per heavy atom. The van der Waals surface area contributed by atoms with Crippen LogP contribution in [0.15, 0.2) is 18.2 Å². The summed E-state index contributed by atoms with van der Waals surface area (Å²) in [7, 11) is 0. The van der Waals surface area contributed by atoms with E-state index in [1.807, 2.05) is 6.07 Å². The van der Waals surface area contributed by atoms with Crippen molar-refractivity contribution >= 4 is 17.3 Å². The maximum absolute atomic E-state index is 6.29. The van der Waals surface area contributed by atoms with Crippen LogP contribution in [-0.4, -0.2) is 25.7 Å². The Balaban J connectivity index is 1.97.